The summed E-state index contributed by atoms with van der Waals surface area (Å²) in [6.45, 7) is 2.94. The first kappa shape index (κ1) is 13.5. The summed E-state index contributed by atoms with van der Waals surface area (Å²) in [7, 11) is 0. The van der Waals surface area contributed by atoms with E-state index < -0.39 is 18.1 Å². The summed E-state index contributed by atoms with van der Waals surface area (Å²) >= 11 is 0. The van der Waals surface area contributed by atoms with Crippen molar-refractivity contribution in [3.8, 4) is 0 Å². The van der Waals surface area contributed by atoms with E-state index in [0.717, 1.165) is 12.5 Å². The molecular formula is C12H14F3NO. The molecule has 1 aromatic rings. The Bertz CT molecular complexity index is 384. The van der Waals surface area contributed by atoms with Crippen molar-refractivity contribution < 1.29 is 18.0 Å². The fourth-order valence-electron chi connectivity index (χ4n) is 1.45. The van der Waals surface area contributed by atoms with Crippen molar-refractivity contribution in [1.29, 1.82) is 0 Å². The highest BCUT2D eigenvalue weighted by Crippen LogP contribution is 2.23. The van der Waals surface area contributed by atoms with E-state index in [1.54, 1.807) is 24.3 Å². The van der Waals surface area contributed by atoms with Crippen molar-refractivity contribution in [2.75, 3.05) is 0 Å². The van der Waals surface area contributed by atoms with Crippen molar-refractivity contribution in [3.63, 3.8) is 0 Å². The van der Waals surface area contributed by atoms with Crippen molar-refractivity contribution in [3.05, 3.63) is 35.4 Å². The van der Waals surface area contributed by atoms with Gasteiger partial charge in [0, 0.05) is 13.3 Å². The average molecular weight is 245 g/mol. The molecule has 1 N–H and O–H groups in total. The van der Waals surface area contributed by atoms with E-state index in [0.29, 0.717) is 5.56 Å². The van der Waals surface area contributed by atoms with Gasteiger partial charge in [-0.15, -0.1) is 0 Å². The number of hydrogen-bond acceptors (Lipinski definition) is 1. The van der Waals surface area contributed by atoms with Crippen LogP contribution in [0.25, 0.3) is 0 Å². The molecule has 5 heteroatoms. The van der Waals surface area contributed by atoms with E-state index in [1.165, 1.54) is 0 Å². The van der Waals surface area contributed by atoms with Crippen LogP contribution in [0.15, 0.2) is 24.3 Å². The highest BCUT2D eigenvalue weighted by atomic mass is 19.4. The lowest BCUT2D eigenvalue weighted by Gasteiger charge is -2.21. The summed E-state index contributed by atoms with van der Waals surface area (Å²) in [4.78, 5) is 10.7. The lowest BCUT2D eigenvalue weighted by Crippen LogP contribution is -2.46. The maximum Gasteiger partial charge on any atom is 0.408 e. The second-order valence-corrected chi connectivity index (χ2v) is 3.98. The molecule has 0 radical (unpaired) electrons. The quantitative estimate of drug-likeness (QED) is 0.871. The zero-order valence-corrected chi connectivity index (χ0v) is 9.64. The Morgan fingerprint density at radius 1 is 1.29 bits per heavy atom. The van der Waals surface area contributed by atoms with Gasteiger partial charge in [0.15, 0.2) is 0 Å². The monoisotopic (exact) mass is 245 g/mol. The molecule has 1 rings (SSSR count). The van der Waals surface area contributed by atoms with Gasteiger partial charge in [-0.1, -0.05) is 29.8 Å². The molecule has 0 aliphatic rings. The van der Waals surface area contributed by atoms with Crippen molar-refractivity contribution in [2.24, 2.45) is 0 Å². The van der Waals surface area contributed by atoms with Crippen LogP contribution >= 0.6 is 0 Å². The highest BCUT2D eigenvalue weighted by Gasteiger charge is 2.40. The van der Waals surface area contributed by atoms with Gasteiger partial charge in [0.05, 0.1) is 0 Å². The normalized spacial score (nSPS) is 13.2. The summed E-state index contributed by atoms with van der Waals surface area (Å²) in [5, 5.41) is 1.92. The number of carbonyl (C=O) groups is 1. The van der Waals surface area contributed by atoms with Crippen LogP contribution in [0, 0.1) is 6.92 Å². The van der Waals surface area contributed by atoms with Gasteiger partial charge in [-0.2, -0.15) is 13.2 Å². The first-order valence-corrected chi connectivity index (χ1v) is 5.18. The van der Waals surface area contributed by atoms with Crippen LogP contribution in [0.2, 0.25) is 0 Å². The zero-order valence-electron chi connectivity index (χ0n) is 9.64. The molecule has 1 atom stereocenters. The van der Waals surface area contributed by atoms with Gasteiger partial charge in [0.25, 0.3) is 0 Å². The van der Waals surface area contributed by atoms with Gasteiger partial charge in [-0.05, 0) is 12.5 Å². The largest absolute Gasteiger partial charge is 0.408 e. The molecule has 0 spiro atoms. The molecule has 0 fully saturated rings. The van der Waals surface area contributed by atoms with Crippen molar-refractivity contribution in [2.45, 2.75) is 32.5 Å². The number of nitrogens with one attached hydrogen (secondary N) is 1. The number of aryl methyl sites for hydroxylation is 1. The molecule has 2 nitrogen and oxygen atoms in total. The minimum Gasteiger partial charge on any atom is -0.344 e. The first-order chi connectivity index (χ1) is 7.79. The molecule has 0 saturated carbocycles. The maximum absolute atomic E-state index is 12.6. The summed E-state index contributed by atoms with van der Waals surface area (Å²) in [5.41, 5.74) is 1.53. The predicted octanol–water partition coefficient (Wildman–Crippen LogP) is 2.60. The van der Waals surface area contributed by atoms with Gasteiger partial charge in [-0.3, -0.25) is 4.79 Å². The first-order valence-electron chi connectivity index (χ1n) is 5.18. The third kappa shape index (κ3) is 4.46. The highest BCUT2D eigenvalue weighted by molar-refractivity contribution is 5.73. The number of halogens is 3. The molecular weight excluding hydrogens is 231 g/mol. The van der Waals surface area contributed by atoms with Gasteiger partial charge in [-0.25, -0.2) is 0 Å². The third-order valence-corrected chi connectivity index (χ3v) is 2.33. The minimum absolute atomic E-state index is 0.247. The van der Waals surface area contributed by atoms with E-state index in [1.807, 2.05) is 12.2 Å². The lowest BCUT2D eigenvalue weighted by molar-refractivity contribution is -0.160. The number of alkyl halides is 3. The fourth-order valence-corrected chi connectivity index (χ4v) is 1.45. The Morgan fingerprint density at radius 3 is 2.24 bits per heavy atom. The molecule has 1 aromatic carbocycles. The van der Waals surface area contributed by atoms with E-state index in [2.05, 4.69) is 0 Å². The summed E-state index contributed by atoms with van der Waals surface area (Å²) < 4.78 is 37.9. The van der Waals surface area contributed by atoms with Crippen LogP contribution in [0.5, 0.6) is 0 Å². The van der Waals surface area contributed by atoms with Crippen LogP contribution < -0.4 is 5.32 Å². The Hall–Kier alpha value is -1.52. The number of rotatable bonds is 3. The molecule has 0 aliphatic carbocycles. The summed E-state index contributed by atoms with van der Waals surface area (Å²) in [5.74, 6) is -0.681. The Labute approximate surface area is 97.8 Å². The number of carbonyl (C=O) groups excluding carboxylic acids is 1. The van der Waals surface area contributed by atoms with Crippen LogP contribution in [-0.2, 0) is 11.2 Å². The molecule has 0 aliphatic heterocycles. The molecule has 17 heavy (non-hydrogen) atoms. The molecule has 1 amide bonds. The second-order valence-electron chi connectivity index (χ2n) is 3.98. The van der Waals surface area contributed by atoms with Gasteiger partial charge < -0.3 is 5.32 Å². The van der Waals surface area contributed by atoms with Crippen molar-refractivity contribution >= 4 is 5.91 Å². The van der Waals surface area contributed by atoms with Crippen molar-refractivity contribution in [1.82, 2.24) is 5.32 Å². The summed E-state index contributed by atoms with van der Waals surface area (Å²) in [6.07, 6.45) is -4.68. The van der Waals surface area contributed by atoms with E-state index in [9.17, 15) is 18.0 Å². The van der Waals surface area contributed by atoms with Gasteiger partial charge >= 0.3 is 6.18 Å². The van der Waals surface area contributed by atoms with Crippen LogP contribution in [-0.4, -0.2) is 18.1 Å². The number of benzene rings is 1. The molecule has 94 valence electrons. The Balaban J connectivity index is 2.79. The number of hydrogen-bond donors (Lipinski definition) is 1. The molecule has 0 aromatic heterocycles. The molecule has 0 unspecified atom stereocenters. The number of amides is 1. The molecule has 0 saturated heterocycles. The molecule has 0 heterocycles. The smallest absolute Gasteiger partial charge is 0.344 e. The Kier molecular flexibility index (Phi) is 4.15. The van der Waals surface area contributed by atoms with Gasteiger partial charge in [0.1, 0.15) is 6.04 Å². The van der Waals surface area contributed by atoms with E-state index >= 15 is 0 Å². The van der Waals surface area contributed by atoms with Crippen LogP contribution in [0.1, 0.15) is 18.1 Å². The minimum atomic E-state index is -4.43. The second kappa shape index (κ2) is 5.21. The fraction of sp³-hybridized carbons (Fsp3) is 0.417. The third-order valence-electron chi connectivity index (χ3n) is 2.33. The maximum atomic E-state index is 12.6. The predicted molar refractivity (Wildman–Crippen MR) is 58.5 cm³/mol. The zero-order chi connectivity index (χ0) is 13.1. The Morgan fingerprint density at radius 2 is 1.82 bits per heavy atom. The van der Waals surface area contributed by atoms with Crippen LogP contribution in [0.3, 0.4) is 0 Å². The topological polar surface area (TPSA) is 29.1 Å². The average Bonchev–Trinajstić information content (AvgIpc) is 2.18. The summed E-state index contributed by atoms with van der Waals surface area (Å²) in [6, 6.07) is 4.93. The van der Waals surface area contributed by atoms with E-state index in [-0.39, 0.29) is 6.42 Å². The SMILES string of the molecule is CC(=O)N[C@@H](Cc1ccc(C)cc1)C(F)(F)F. The lowest BCUT2D eigenvalue weighted by atomic mass is 10.0. The molecule has 0 bridgehead atoms. The van der Waals surface area contributed by atoms with E-state index in [4.69, 9.17) is 0 Å². The van der Waals surface area contributed by atoms with Crippen LogP contribution in [0.4, 0.5) is 13.2 Å². The standard InChI is InChI=1S/C12H14F3NO/c1-8-3-5-10(6-4-8)7-11(12(13,14)15)16-9(2)17/h3-6,11H,7H2,1-2H3,(H,16,17)/t11-/m0/s1. The van der Waals surface area contributed by atoms with Gasteiger partial charge in [0.2, 0.25) is 5.91 Å².